The van der Waals surface area contributed by atoms with E-state index in [0.29, 0.717) is 43.8 Å². The largest absolute Gasteiger partial charge is 0.480 e. The number of hydrogen-bond acceptors (Lipinski definition) is 7. The summed E-state index contributed by atoms with van der Waals surface area (Å²) in [5, 5.41) is 16.9. The average Bonchev–Trinajstić information content (AvgIpc) is 3.25. The number of unbranched alkanes of at least 4 members (excludes halogenated alkanes) is 1. The molecule has 0 spiro atoms. The number of hydrogen-bond donors (Lipinski definition) is 4. The van der Waals surface area contributed by atoms with Gasteiger partial charge < -0.3 is 20.6 Å². The zero-order valence-corrected chi connectivity index (χ0v) is 21.1. The van der Waals surface area contributed by atoms with E-state index in [1.807, 2.05) is 6.92 Å². The summed E-state index contributed by atoms with van der Waals surface area (Å²) >= 11 is 1.35. The van der Waals surface area contributed by atoms with Crippen LogP contribution in [0, 0.1) is 5.92 Å². The lowest BCUT2D eigenvalue weighted by atomic mass is 9.94. The lowest BCUT2D eigenvalue weighted by Gasteiger charge is -2.30. The lowest BCUT2D eigenvalue weighted by Crippen LogP contribution is -2.49. The van der Waals surface area contributed by atoms with Crippen molar-refractivity contribution in [1.82, 2.24) is 20.3 Å². The minimum absolute atomic E-state index is 0.170. The fourth-order valence-electron chi connectivity index (χ4n) is 4.28. The Morgan fingerprint density at radius 1 is 1.32 bits per heavy atom. The summed E-state index contributed by atoms with van der Waals surface area (Å²) in [5.74, 6) is -1.72. The van der Waals surface area contributed by atoms with E-state index in [2.05, 4.69) is 15.4 Å². The Bertz CT molecular complexity index is 988. The first-order valence-corrected chi connectivity index (χ1v) is 14.4. The number of sulfonamides is 1. The highest BCUT2D eigenvalue weighted by atomic mass is 32.2. The molecule has 1 aromatic heterocycles. The molecule has 3 heterocycles. The molecule has 34 heavy (non-hydrogen) atoms. The zero-order valence-electron chi connectivity index (χ0n) is 19.5. The van der Waals surface area contributed by atoms with Gasteiger partial charge in [-0.05, 0) is 44.7 Å². The molecule has 1 atom stereocenters. The van der Waals surface area contributed by atoms with Crippen LogP contribution in [0.4, 0.5) is 0 Å². The van der Waals surface area contributed by atoms with Crippen LogP contribution < -0.4 is 15.4 Å². The van der Waals surface area contributed by atoms with Crippen LogP contribution >= 0.6 is 11.3 Å². The van der Waals surface area contributed by atoms with Crippen LogP contribution in [-0.2, 0) is 21.2 Å². The van der Waals surface area contributed by atoms with Crippen LogP contribution in [0.3, 0.4) is 0 Å². The van der Waals surface area contributed by atoms with Crippen molar-refractivity contribution in [1.29, 1.82) is 0 Å². The van der Waals surface area contributed by atoms with Gasteiger partial charge >= 0.3 is 5.97 Å². The Morgan fingerprint density at radius 2 is 2.06 bits per heavy atom. The monoisotopic (exact) mass is 514 g/mol. The van der Waals surface area contributed by atoms with Crippen molar-refractivity contribution in [3.05, 3.63) is 21.4 Å². The molecule has 2 aliphatic heterocycles. The van der Waals surface area contributed by atoms with E-state index in [9.17, 15) is 27.9 Å². The number of aliphatic carboxylic acids is 1. The van der Waals surface area contributed by atoms with Crippen molar-refractivity contribution in [2.45, 2.75) is 51.5 Å². The number of fused-ring (bicyclic) bond motifs is 1. The third-order valence-electron chi connectivity index (χ3n) is 6.34. The van der Waals surface area contributed by atoms with Gasteiger partial charge in [-0.25, -0.2) is 8.42 Å². The van der Waals surface area contributed by atoms with E-state index in [0.717, 1.165) is 37.2 Å². The Balaban J connectivity index is 1.61. The van der Waals surface area contributed by atoms with Crippen LogP contribution in [-0.4, -0.2) is 80.7 Å². The predicted octanol–water partition coefficient (Wildman–Crippen LogP) is 1.04. The predicted molar refractivity (Wildman–Crippen MR) is 130 cm³/mol. The van der Waals surface area contributed by atoms with Gasteiger partial charge in [-0.3, -0.25) is 14.4 Å². The number of amides is 2. The molecule has 0 radical (unpaired) electrons. The van der Waals surface area contributed by atoms with E-state index < -0.39 is 34.5 Å². The quantitative estimate of drug-likeness (QED) is 0.326. The molecule has 0 saturated carbocycles. The molecule has 12 heteroatoms. The number of carboxylic acid groups (broad SMARTS) is 1. The molecule has 0 bridgehead atoms. The zero-order chi connectivity index (χ0) is 24.7. The Labute approximate surface area is 204 Å². The van der Waals surface area contributed by atoms with Crippen LogP contribution in [0.5, 0.6) is 0 Å². The summed E-state index contributed by atoms with van der Waals surface area (Å²) in [6, 6.07) is -1.49. The van der Waals surface area contributed by atoms with E-state index in [4.69, 9.17) is 0 Å². The van der Waals surface area contributed by atoms with Gasteiger partial charge in [0.2, 0.25) is 10.0 Å². The molecule has 10 nitrogen and oxygen atoms in total. The SMILES string of the molecule is CCCCS(=O)(=O)N[C@@H](CNC(=O)c1csc2c1C(=O)N(CCC1CCNCC1)CC2)C(=O)O. The van der Waals surface area contributed by atoms with Gasteiger partial charge in [0.25, 0.3) is 11.8 Å². The molecule has 2 amide bonds. The van der Waals surface area contributed by atoms with Crippen molar-refractivity contribution in [2.24, 2.45) is 5.92 Å². The number of carboxylic acids is 1. The van der Waals surface area contributed by atoms with E-state index >= 15 is 0 Å². The number of nitrogens with zero attached hydrogens (tertiary/aromatic N) is 1. The Kier molecular flexibility index (Phi) is 9.46. The van der Waals surface area contributed by atoms with Gasteiger partial charge in [0.15, 0.2) is 0 Å². The second kappa shape index (κ2) is 12.1. The summed E-state index contributed by atoms with van der Waals surface area (Å²) in [6.45, 7) is 4.70. The molecule has 0 aliphatic carbocycles. The number of piperidine rings is 1. The van der Waals surface area contributed by atoms with E-state index in [1.165, 1.54) is 11.3 Å². The molecular weight excluding hydrogens is 480 g/mol. The maximum absolute atomic E-state index is 13.2. The van der Waals surface area contributed by atoms with Gasteiger partial charge in [0.1, 0.15) is 6.04 Å². The molecule has 190 valence electrons. The second-order valence-corrected chi connectivity index (χ2v) is 11.7. The normalized spacial score (nSPS) is 17.9. The Hall–Kier alpha value is -2.02. The van der Waals surface area contributed by atoms with Crippen molar-refractivity contribution >= 4 is 39.1 Å². The first kappa shape index (κ1) is 26.6. The highest BCUT2D eigenvalue weighted by Gasteiger charge is 2.32. The topological polar surface area (TPSA) is 145 Å². The van der Waals surface area contributed by atoms with Gasteiger partial charge in [-0.1, -0.05) is 13.3 Å². The third-order valence-corrected chi connectivity index (χ3v) is 8.86. The van der Waals surface area contributed by atoms with Gasteiger partial charge in [0.05, 0.1) is 16.9 Å². The van der Waals surface area contributed by atoms with Crippen molar-refractivity contribution in [3.63, 3.8) is 0 Å². The first-order chi connectivity index (χ1) is 16.2. The molecule has 1 fully saturated rings. The van der Waals surface area contributed by atoms with Crippen LogP contribution in [0.1, 0.15) is 64.6 Å². The maximum Gasteiger partial charge on any atom is 0.323 e. The number of rotatable bonds is 12. The molecule has 1 aromatic rings. The number of nitrogens with one attached hydrogen (secondary N) is 3. The molecule has 0 unspecified atom stereocenters. The maximum atomic E-state index is 13.2. The van der Waals surface area contributed by atoms with E-state index in [1.54, 1.807) is 10.3 Å². The Morgan fingerprint density at radius 3 is 2.74 bits per heavy atom. The first-order valence-electron chi connectivity index (χ1n) is 11.8. The third kappa shape index (κ3) is 7.00. The summed E-state index contributed by atoms with van der Waals surface area (Å²) in [6.07, 6.45) is 4.89. The standard InChI is InChI=1S/C22H34N4O6S2/c1-2-3-12-34(31,32)25-17(22(29)30)13-24-20(27)16-14-33-18-7-11-26(21(28)19(16)18)10-6-15-4-8-23-9-5-15/h14-15,17,23,25H,2-13H2,1H3,(H,24,27)(H,29,30)/t17-/m0/s1. The van der Waals surface area contributed by atoms with Crippen LogP contribution in [0.25, 0.3) is 0 Å². The molecule has 3 rings (SSSR count). The smallest absolute Gasteiger partial charge is 0.323 e. The number of thiophene rings is 1. The second-order valence-electron chi connectivity index (χ2n) is 8.86. The minimum Gasteiger partial charge on any atom is -0.480 e. The molecule has 0 aromatic carbocycles. The van der Waals surface area contributed by atoms with Gasteiger partial charge in [0, 0.05) is 36.3 Å². The summed E-state index contributed by atoms with van der Waals surface area (Å²) in [5.41, 5.74) is 0.601. The summed E-state index contributed by atoms with van der Waals surface area (Å²) in [7, 11) is -3.78. The fourth-order valence-corrected chi connectivity index (χ4v) is 6.69. The van der Waals surface area contributed by atoms with Crippen LogP contribution in [0.2, 0.25) is 0 Å². The van der Waals surface area contributed by atoms with Gasteiger partial charge in [-0.2, -0.15) is 4.72 Å². The highest BCUT2D eigenvalue weighted by molar-refractivity contribution is 7.89. The van der Waals surface area contributed by atoms with Gasteiger partial charge in [-0.15, -0.1) is 11.3 Å². The van der Waals surface area contributed by atoms with E-state index in [-0.39, 0.29) is 17.2 Å². The summed E-state index contributed by atoms with van der Waals surface area (Å²) < 4.78 is 26.3. The highest BCUT2D eigenvalue weighted by Crippen LogP contribution is 2.29. The molecule has 2 aliphatic rings. The fraction of sp³-hybridized carbons (Fsp3) is 0.682. The molecule has 4 N–H and O–H groups in total. The lowest BCUT2D eigenvalue weighted by molar-refractivity contribution is -0.138. The molecule has 1 saturated heterocycles. The average molecular weight is 515 g/mol. The molecular formula is C22H34N4O6S2. The number of carbonyl (C=O) groups is 3. The minimum atomic E-state index is -3.78. The summed E-state index contributed by atoms with van der Waals surface area (Å²) in [4.78, 5) is 40.2. The van der Waals surface area contributed by atoms with Crippen LogP contribution in [0.15, 0.2) is 5.38 Å². The van der Waals surface area contributed by atoms with Crippen molar-refractivity contribution < 1.29 is 27.9 Å². The number of carbonyl (C=O) groups excluding carboxylic acids is 2. The van der Waals surface area contributed by atoms with Crippen molar-refractivity contribution in [3.8, 4) is 0 Å². The van der Waals surface area contributed by atoms with Crippen molar-refractivity contribution in [2.75, 3.05) is 38.5 Å².